The van der Waals surface area contributed by atoms with Crippen LogP contribution in [-0.2, 0) is 6.42 Å². The van der Waals surface area contributed by atoms with E-state index < -0.39 is 5.97 Å². The molecule has 0 aliphatic heterocycles. The van der Waals surface area contributed by atoms with Gasteiger partial charge in [0, 0.05) is 12.6 Å². The van der Waals surface area contributed by atoms with E-state index in [1.807, 2.05) is 6.92 Å². The average Bonchev–Trinajstić information content (AvgIpc) is 2.75. The van der Waals surface area contributed by atoms with E-state index in [9.17, 15) is 4.79 Å². The fraction of sp³-hybridized carbons (Fsp3) is 0.333. The summed E-state index contributed by atoms with van der Waals surface area (Å²) < 4.78 is 5.24. The minimum absolute atomic E-state index is 0.220. The Balaban J connectivity index is 2.30. The number of hydrogen-bond acceptors (Lipinski definition) is 6. The van der Waals surface area contributed by atoms with Gasteiger partial charge in [-0.05, 0) is 30.3 Å². The molecular weight excluding hydrogens is 266 g/mol. The van der Waals surface area contributed by atoms with Crippen molar-refractivity contribution in [1.29, 1.82) is 0 Å². The maximum Gasteiger partial charge on any atom is 0.335 e. The van der Waals surface area contributed by atoms with Crippen LogP contribution < -0.4 is 0 Å². The van der Waals surface area contributed by atoms with Crippen LogP contribution in [0.4, 0.5) is 0 Å². The molecule has 0 atom stereocenters. The normalized spacial score (nSPS) is 10.6. The van der Waals surface area contributed by atoms with Gasteiger partial charge in [0.05, 0.1) is 5.56 Å². The van der Waals surface area contributed by atoms with Gasteiger partial charge in [-0.25, -0.2) is 9.78 Å². The van der Waals surface area contributed by atoms with Crippen LogP contribution in [0.3, 0.4) is 0 Å². The second-order valence-corrected chi connectivity index (χ2v) is 4.90. The van der Waals surface area contributed by atoms with Crippen molar-refractivity contribution in [1.82, 2.24) is 15.2 Å². The van der Waals surface area contributed by atoms with Crippen LogP contribution >= 0.6 is 11.8 Å². The van der Waals surface area contributed by atoms with E-state index in [0.717, 1.165) is 18.5 Å². The molecule has 0 bridgehead atoms. The van der Waals surface area contributed by atoms with E-state index in [1.54, 1.807) is 13.0 Å². The van der Waals surface area contributed by atoms with Gasteiger partial charge in [-0.2, -0.15) is 0 Å². The van der Waals surface area contributed by atoms with Crippen molar-refractivity contribution in [3.63, 3.8) is 0 Å². The molecule has 7 heteroatoms. The summed E-state index contributed by atoms with van der Waals surface area (Å²) in [5, 5.41) is 17.6. The lowest BCUT2D eigenvalue weighted by Gasteiger charge is -2.04. The fourth-order valence-corrected chi connectivity index (χ4v) is 2.30. The Morgan fingerprint density at radius 1 is 1.42 bits per heavy atom. The number of hydrogen-bond donors (Lipinski definition) is 1. The van der Waals surface area contributed by atoms with Crippen molar-refractivity contribution in [2.24, 2.45) is 0 Å². The first-order valence-corrected chi connectivity index (χ1v) is 6.62. The van der Waals surface area contributed by atoms with E-state index in [1.165, 1.54) is 17.8 Å². The van der Waals surface area contributed by atoms with Gasteiger partial charge in [-0.15, -0.1) is 10.2 Å². The summed E-state index contributed by atoms with van der Waals surface area (Å²) >= 11 is 1.17. The molecule has 6 nitrogen and oxygen atoms in total. The number of aryl methyl sites for hydroxylation is 2. The Morgan fingerprint density at radius 2 is 2.21 bits per heavy atom. The molecule has 2 rings (SSSR count). The first-order chi connectivity index (χ1) is 9.08. The van der Waals surface area contributed by atoms with Gasteiger partial charge in [0.25, 0.3) is 5.22 Å². The van der Waals surface area contributed by atoms with Gasteiger partial charge in [0.1, 0.15) is 5.03 Å². The molecule has 0 saturated heterocycles. The SMILES string of the molecule is CCCc1cc(C(=O)O)cc(Sc2nnc(C)o2)n1. The molecule has 100 valence electrons. The largest absolute Gasteiger partial charge is 0.478 e. The molecule has 0 spiro atoms. The minimum Gasteiger partial charge on any atom is -0.478 e. The Labute approximate surface area is 114 Å². The van der Waals surface area contributed by atoms with Gasteiger partial charge in [0.2, 0.25) is 5.89 Å². The summed E-state index contributed by atoms with van der Waals surface area (Å²) in [5.41, 5.74) is 0.971. The molecule has 0 saturated carbocycles. The molecule has 1 N–H and O–H groups in total. The van der Waals surface area contributed by atoms with Gasteiger partial charge in [-0.3, -0.25) is 0 Å². The lowest BCUT2D eigenvalue weighted by atomic mass is 10.2. The number of carboxylic acids is 1. The zero-order valence-corrected chi connectivity index (χ0v) is 11.4. The molecule has 2 aromatic rings. The van der Waals surface area contributed by atoms with Crippen LogP contribution in [0.1, 0.15) is 35.3 Å². The number of carbonyl (C=O) groups is 1. The third-order valence-electron chi connectivity index (χ3n) is 2.31. The first-order valence-electron chi connectivity index (χ1n) is 5.80. The molecule has 0 fully saturated rings. The van der Waals surface area contributed by atoms with E-state index in [0.29, 0.717) is 16.1 Å². The zero-order valence-electron chi connectivity index (χ0n) is 10.6. The number of aromatic nitrogens is 3. The van der Waals surface area contributed by atoms with Crippen molar-refractivity contribution in [3.05, 3.63) is 29.3 Å². The zero-order chi connectivity index (χ0) is 13.8. The highest BCUT2D eigenvalue weighted by molar-refractivity contribution is 7.99. The third-order valence-corrected chi connectivity index (χ3v) is 3.07. The highest BCUT2D eigenvalue weighted by Crippen LogP contribution is 2.26. The van der Waals surface area contributed by atoms with Crippen LogP contribution in [0.25, 0.3) is 0 Å². The van der Waals surface area contributed by atoms with Gasteiger partial charge in [-0.1, -0.05) is 13.3 Å². The summed E-state index contributed by atoms with van der Waals surface area (Å²) in [6.45, 7) is 3.71. The van der Waals surface area contributed by atoms with Gasteiger partial charge < -0.3 is 9.52 Å². The maximum atomic E-state index is 11.1. The van der Waals surface area contributed by atoms with Crippen molar-refractivity contribution < 1.29 is 14.3 Å². The van der Waals surface area contributed by atoms with Crippen molar-refractivity contribution >= 4 is 17.7 Å². The Hall–Kier alpha value is -1.89. The first kappa shape index (κ1) is 13.5. The second kappa shape index (κ2) is 5.83. The van der Waals surface area contributed by atoms with E-state index >= 15 is 0 Å². The van der Waals surface area contributed by atoms with E-state index in [-0.39, 0.29) is 5.56 Å². The Morgan fingerprint density at radius 3 is 2.79 bits per heavy atom. The molecule has 2 heterocycles. The summed E-state index contributed by atoms with van der Waals surface area (Å²) in [6, 6.07) is 3.10. The average molecular weight is 279 g/mol. The topological polar surface area (TPSA) is 89.1 Å². The molecule has 0 aliphatic rings. The van der Waals surface area contributed by atoms with Crippen molar-refractivity contribution in [2.75, 3.05) is 0 Å². The van der Waals surface area contributed by atoms with E-state index in [2.05, 4.69) is 15.2 Å². The highest BCUT2D eigenvalue weighted by atomic mass is 32.2. The molecule has 0 unspecified atom stereocenters. The van der Waals surface area contributed by atoms with Crippen LogP contribution in [0.15, 0.2) is 26.8 Å². The summed E-state index contributed by atoms with van der Waals surface area (Å²) in [7, 11) is 0. The fourth-order valence-electron chi connectivity index (χ4n) is 1.53. The van der Waals surface area contributed by atoms with Crippen LogP contribution in [0.2, 0.25) is 0 Å². The summed E-state index contributed by atoms with van der Waals surface area (Å²) in [6.07, 6.45) is 1.64. The number of pyridine rings is 1. The molecule has 0 radical (unpaired) electrons. The van der Waals surface area contributed by atoms with Gasteiger partial charge >= 0.3 is 5.97 Å². The smallest absolute Gasteiger partial charge is 0.335 e. The molecule has 2 aromatic heterocycles. The Kier molecular flexibility index (Phi) is 4.16. The molecule has 19 heavy (non-hydrogen) atoms. The second-order valence-electron chi connectivity index (χ2n) is 3.93. The standard InChI is InChI=1S/C12H13N3O3S/c1-3-4-9-5-8(11(16)17)6-10(13-9)19-12-15-14-7(2)18-12/h5-6H,3-4H2,1-2H3,(H,16,17). The summed E-state index contributed by atoms with van der Waals surface area (Å²) in [5.74, 6) is -0.506. The maximum absolute atomic E-state index is 11.1. The lowest BCUT2D eigenvalue weighted by Crippen LogP contribution is -2.01. The monoisotopic (exact) mass is 279 g/mol. The molecular formula is C12H13N3O3S. The third kappa shape index (κ3) is 3.54. The van der Waals surface area contributed by atoms with E-state index in [4.69, 9.17) is 9.52 Å². The number of rotatable bonds is 5. The number of aromatic carboxylic acids is 1. The number of carboxylic acid groups (broad SMARTS) is 1. The minimum atomic E-state index is -0.969. The van der Waals surface area contributed by atoms with Crippen molar-refractivity contribution in [2.45, 2.75) is 36.9 Å². The molecule has 0 amide bonds. The summed E-state index contributed by atoms with van der Waals surface area (Å²) in [4.78, 5) is 15.5. The van der Waals surface area contributed by atoms with Crippen LogP contribution in [-0.4, -0.2) is 26.3 Å². The van der Waals surface area contributed by atoms with Gasteiger partial charge in [0.15, 0.2) is 0 Å². The van der Waals surface area contributed by atoms with Crippen LogP contribution in [0, 0.1) is 6.92 Å². The predicted molar refractivity (Wildman–Crippen MR) is 68.3 cm³/mol. The quantitative estimate of drug-likeness (QED) is 0.899. The predicted octanol–water partition coefficient (Wildman–Crippen LogP) is 2.57. The molecule has 0 aliphatic carbocycles. The Bertz CT molecular complexity index is 598. The van der Waals surface area contributed by atoms with Crippen LogP contribution in [0.5, 0.6) is 0 Å². The number of nitrogens with zero attached hydrogens (tertiary/aromatic N) is 3. The lowest BCUT2D eigenvalue weighted by molar-refractivity contribution is 0.0696. The van der Waals surface area contributed by atoms with Crippen molar-refractivity contribution in [3.8, 4) is 0 Å². The highest BCUT2D eigenvalue weighted by Gasteiger charge is 2.12. The molecule has 0 aromatic carbocycles.